The highest BCUT2D eigenvalue weighted by molar-refractivity contribution is 6.25. The molecule has 0 N–H and O–H groups in total. The normalized spacial score (nSPS) is 11.2. The highest BCUT2D eigenvalue weighted by Crippen LogP contribution is 2.16. The van der Waals surface area contributed by atoms with E-state index in [0.717, 1.165) is 6.42 Å². The fraction of sp³-hybridized carbons (Fsp3) is 0.0769. The van der Waals surface area contributed by atoms with Gasteiger partial charge in [0, 0.05) is 5.54 Å². The molecule has 2 aromatic rings. The molecular formula is C13H11Cl. The number of allylic oxidation sites excluding steroid dienone is 1. The predicted molar refractivity (Wildman–Crippen MR) is 62.6 cm³/mol. The van der Waals surface area contributed by atoms with E-state index in [1.165, 1.54) is 16.3 Å². The highest BCUT2D eigenvalue weighted by atomic mass is 35.5. The molecule has 0 aliphatic rings. The van der Waals surface area contributed by atoms with Gasteiger partial charge in [0.25, 0.3) is 0 Å². The first kappa shape index (κ1) is 9.29. The van der Waals surface area contributed by atoms with Crippen LogP contribution in [0.3, 0.4) is 0 Å². The van der Waals surface area contributed by atoms with E-state index in [2.05, 4.69) is 42.5 Å². The summed E-state index contributed by atoms with van der Waals surface area (Å²) in [6.07, 6.45) is 2.85. The molecule has 2 rings (SSSR count). The molecule has 0 unspecified atom stereocenters. The Morgan fingerprint density at radius 1 is 1.00 bits per heavy atom. The van der Waals surface area contributed by atoms with Crippen LogP contribution in [-0.4, -0.2) is 0 Å². The molecule has 2 aromatic carbocycles. The average molecular weight is 203 g/mol. The third-order valence-corrected chi connectivity index (χ3v) is 2.43. The average Bonchev–Trinajstić information content (AvgIpc) is 2.26. The summed E-state index contributed by atoms with van der Waals surface area (Å²) < 4.78 is 0. The van der Waals surface area contributed by atoms with Gasteiger partial charge in [0.15, 0.2) is 0 Å². The molecule has 0 aliphatic carbocycles. The molecule has 14 heavy (non-hydrogen) atoms. The zero-order valence-corrected chi connectivity index (χ0v) is 8.54. The van der Waals surface area contributed by atoms with Crippen LogP contribution in [0.25, 0.3) is 10.8 Å². The van der Waals surface area contributed by atoms with Crippen LogP contribution in [0.15, 0.2) is 54.1 Å². The summed E-state index contributed by atoms with van der Waals surface area (Å²) in [5.74, 6) is 0. The molecule has 0 heterocycles. The molecule has 0 saturated carbocycles. The Morgan fingerprint density at radius 3 is 2.57 bits per heavy atom. The maximum absolute atomic E-state index is 5.49. The molecule has 0 spiro atoms. The topological polar surface area (TPSA) is 0 Å². The summed E-state index contributed by atoms with van der Waals surface area (Å²) in [5, 5.41) is 2.57. The van der Waals surface area contributed by atoms with Crippen molar-refractivity contribution in [3.63, 3.8) is 0 Å². The van der Waals surface area contributed by atoms with Gasteiger partial charge >= 0.3 is 0 Å². The standard InChI is InChI=1S/C13H11Cl/c14-9-3-4-11-7-8-12-5-1-2-6-13(12)10-11/h1-3,5-10H,4H2/b9-3+. The van der Waals surface area contributed by atoms with Crippen molar-refractivity contribution in [1.29, 1.82) is 0 Å². The van der Waals surface area contributed by atoms with Crippen molar-refractivity contribution in [2.75, 3.05) is 0 Å². The molecular weight excluding hydrogens is 192 g/mol. The van der Waals surface area contributed by atoms with Gasteiger partial charge in [-0.2, -0.15) is 0 Å². The molecule has 0 aliphatic heterocycles. The molecule has 0 atom stereocenters. The van der Waals surface area contributed by atoms with Crippen molar-refractivity contribution < 1.29 is 0 Å². The van der Waals surface area contributed by atoms with Gasteiger partial charge in [-0.3, -0.25) is 0 Å². The van der Waals surface area contributed by atoms with Crippen LogP contribution in [0, 0.1) is 0 Å². The summed E-state index contributed by atoms with van der Waals surface area (Å²) in [6, 6.07) is 14.8. The van der Waals surface area contributed by atoms with Gasteiger partial charge in [-0.25, -0.2) is 0 Å². The summed E-state index contributed by atoms with van der Waals surface area (Å²) in [7, 11) is 0. The van der Waals surface area contributed by atoms with E-state index in [0.29, 0.717) is 0 Å². The molecule has 0 aromatic heterocycles. The van der Waals surface area contributed by atoms with Crippen molar-refractivity contribution >= 4 is 22.4 Å². The van der Waals surface area contributed by atoms with Gasteiger partial charge < -0.3 is 0 Å². The van der Waals surface area contributed by atoms with Crippen LogP contribution in [0.5, 0.6) is 0 Å². The lowest BCUT2D eigenvalue weighted by Crippen LogP contribution is -1.80. The second-order valence-corrected chi connectivity index (χ2v) is 3.50. The third kappa shape index (κ3) is 1.97. The first-order valence-corrected chi connectivity index (χ1v) is 5.07. The summed E-state index contributed by atoms with van der Waals surface area (Å²) in [6.45, 7) is 0. The van der Waals surface area contributed by atoms with Gasteiger partial charge in [-0.1, -0.05) is 60.1 Å². The zero-order chi connectivity index (χ0) is 9.80. The minimum Gasteiger partial charge on any atom is -0.0933 e. The van der Waals surface area contributed by atoms with Crippen LogP contribution in [-0.2, 0) is 6.42 Å². The van der Waals surface area contributed by atoms with Crippen LogP contribution in [0.2, 0.25) is 0 Å². The van der Waals surface area contributed by atoms with Crippen LogP contribution < -0.4 is 0 Å². The molecule has 0 bridgehead atoms. The van der Waals surface area contributed by atoms with Crippen molar-refractivity contribution in [3.8, 4) is 0 Å². The maximum atomic E-state index is 5.49. The van der Waals surface area contributed by atoms with E-state index in [9.17, 15) is 0 Å². The van der Waals surface area contributed by atoms with Gasteiger partial charge in [-0.15, -0.1) is 0 Å². The highest BCUT2D eigenvalue weighted by Gasteiger charge is 1.93. The van der Waals surface area contributed by atoms with E-state index >= 15 is 0 Å². The van der Waals surface area contributed by atoms with Crippen molar-refractivity contribution in [2.45, 2.75) is 6.42 Å². The quantitative estimate of drug-likeness (QED) is 0.687. The Hall–Kier alpha value is -1.27. The van der Waals surface area contributed by atoms with Gasteiger partial charge in [0.1, 0.15) is 0 Å². The predicted octanol–water partition coefficient (Wildman–Crippen LogP) is 4.13. The molecule has 0 radical (unpaired) electrons. The molecule has 0 fully saturated rings. The second kappa shape index (κ2) is 4.30. The summed E-state index contributed by atoms with van der Waals surface area (Å²) in [4.78, 5) is 0. The van der Waals surface area contributed by atoms with E-state index in [1.54, 1.807) is 5.54 Å². The van der Waals surface area contributed by atoms with Crippen LogP contribution in [0.4, 0.5) is 0 Å². The molecule has 0 nitrogen and oxygen atoms in total. The Labute approximate surface area is 88.8 Å². The molecule has 0 saturated heterocycles. The number of fused-ring (bicyclic) bond motifs is 1. The Bertz CT molecular complexity index is 457. The van der Waals surface area contributed by atoms with Crippen LogP contribution in [0.1, 0.15) is 5.56 Å². The summed E-state index contributed by atoms with van der Waals surface area (Å²) in [5.41, 5.74) is 2.86. The summed E-state index contributed by atoms with van der Waals surface area (Å²) >= 11 is 5.49. The Kier molecular flexibility index (Phi) is 2.85. The Balaban J connectivity index is 2.41. The first-order chi connectivity index (χ1) is 6.90. The molecule has 1 heteroatoms. The monoisotopic (exact) mass is 202 g/mol. The maximum Gasteiger partial charge on any atom is 0.000580 e. The Morgan fingerprint density at radius 2 is 1.79 bits per heavy atom. The minimum absolute atomic E-state index is 0.897. The van der Waals surface area contributed by atoms with E-state index < -0.39 is 0 Å². The second-order valence-electron chi connectivity index (χ2n) is 3.25. The zero-order valence-electron chi connectivity index (χ0n) is 7.78. The number of halogens is 1. The smallest absolute Gasteiger partial charge is 0.000580 e. The van der Waals surface area contributed by atoms with E-state index in [4.69, 9.17) is 11.6 Å². The fourth-order valence-electron chi connectivity index (χ4n) is 1.55. The lowest BCUT2D eigenvalue weighted by Gasteiger charge is -2.00. The van der Waals surface area contributed by atoms with Crippen molar-refractivity contribution in [1.82, 2.24) is 0 Å². The first-order valence-electron chi connectivity index (χ1n) is 4.63. The lowest BCUT2D eigenvalue weighted by molar-refractivity contribution is 1.29. The van der Waals surface area contributed by atoms with Gasteiger partial charge in [0.2, 0.25) is 0 Å². The minimum atomic E-state index is 0.897. The van der Waals surface area contributed by atoms with Gasteiger partial charge in [0.05, 0.1) is 0 Å². The van der Waals surface area contributed by atoms with E-state index in [1.807, 2.05) is 6.08 Å². The van der Waals surface area contributed by atoms with Gasteiger partial charge in [-0.05, 0) is 22.8 Å². The SMILES string of the molecule is Cl/C=C/Cc1ccc2ccccc2c1. The lowest BCUT2D eigenvalue weighted by atomic mass is 10.1. The molecule has 70 valence electrons. The van der Waals surface area contributed by atoms with Crippen molar-refractivity contribution in [3.05, 3.63) is 59.6 Å². The molecule has 0 amide bonds. The number of rotatable bonds is 2. The number of benzene rings is 2. The third-order valence-electron chi connectivity index (χ3n) is 2.26. The van der Waals surface area contributed by atoms with Crippen LogP contribution >= 0.6 is 11.6 Å². The van der Waals surface area contributed by atoms with Crippen molar-refractivity contribution in [2.24, 2.45) is 0 Å². The van der Waals surface area contributed by atoms with E-state index in [-0.39, 0.29) is 0 Å². The fourth-order valence-corrected chi connectivity index (χ4v) is 1.64. The largest absolute Gasteiger partial charge is 0.0933 e. The number of hydrogen-bond donors (Lipinski definition) is 0. The number of hydrogen-bond acceptors (Lipinski definition) is 0.